The maximum Gasteiger partial charge on any atom is 0.136 e. The lowest BCUT2D eigenvalue weighted by atomic mass is 9.82. The van der Waals surface area contributed by atoms with Crippen LogP contribution in [0.2, 0.25) is 0 Å². The molecule has 9 aromatic carbocycles. The molecule has 0 unspecified atom stereocenters. The van der Waals surface area contributed by atoms with Crippen LogP contribution in [0, 0.1) is 0 Å². The molecule has 0 saturated heterocycles. The second kappa shape index (κ2) is 10.9. The van der Waals surface area contributed by atoms with Gasteiger partial charge in [-0.15, -0.1) is 0 Å². The highest BCUT2D eigenvalue weighted by molar-refractivity contribution is 6.24. The van der Waals surface area contributed by atoms with Crippen LogP contribution in [0.15, 0.2) is 167 Å². The molecule has 13 rings (SSSR count). The summed E-state index contributed by atoms with van der Waals surface area (Å²) in [4.78, 5) is 0. The number of benzene rings is 9. The largest absolute Gasteiger partial charge is 0.456 e. The fourth-order valence-electron chi connectivity index (χ4n) is 11.2. The zero-order valence-electron chi connectivity index (χ0n) is 32.8. The SMILES string of the molecule is CC1(C)c2ccccc2-c2c1ccc1oc3cc(-c4c5ccccc5c(-c5ccc6oc7ccc8c(c7c6c5)-c5ccccc5C8(C)C)c5ccccc45)ccc3c21. The van der Waals surface area contributed by atoms with Crippen molar-refractivity contribution >= 4 is 65.4 Å². The van der Waals surface area contributed by atoms with Crippen LogP contribution in [-0.2, 0) is 10.8 Å². The van der Waals surface area contributed by atoms with Crippen LogP contribution in [0.4, 0.5) is 0 Å². The molecule has 58 heavy (non-hydrogen) atoms. The summed E-state index contributed by atoms with van der Waals surface area (Å²) in [6.07, 6.45) is 0. The molecule has 0 amide bonds. The normalized spacial score (nSPS) is 14.8. The summed E-state index contributed by atoms with van der Waals surface area (Å²) >= 11 is 0. The molecule has 0 fully saturated rings. The highest BCUT2D eigenvalue weighted by Crippen LogP contribution is 2.55. The number of rotatable bonds is 2. The lowest BCUT2D eigenvalue weighted by Crippen LogP contribution is -2.14. The third kappa shape index (κ3) is 3.97. The standard InChI is InChI=1S/C56H38O2/c1-55(2)41-19-11-9-17-37(41)51-43(55)24-27-46-53(51)39-23-21-32(30-48(39)58-46)50-35-15-7-5-13-33(35)49(34-14-6-8-16-36(34)50)31-22-26-45-40(29-31)54-47(57-45)28-25-44-52(54)38-18-10-12-20-42(38)56(44,3)4/h5-30H,1-4H3. The molecule has 274 valence electrons. The van der Waals surface area contributed by atoms with E-state index in [9.17, 15) is 0 Å². The molecule has 0 radical (unpaired) electrons. The van der Waals surface area contributed by atoms with Crippen molar-refractivity contribution < 1.29 is 8.83 Å². The first-order valence-electron chi connectivity index (χ1n) is 20.4. The zero-order chi connectivity index (χ0) is 38.7. The summed E-state index contributed by atoms with van der Waals surface area (Å²) in [5.41, 5.74) is 19.0. The Hall–Kier alpha value is -6.90. The van der Waals surface area contributed by atoms with E-state index in [-0.39, 0.29) is 10.8 Å². The Morgan fingerprint density at radius 3 is 1.29 bits per heavy atom. The van der Waals surface area contributed by atoms with E-state index in [0.29, 0.717) is 0 Å². The second-order valence-electron chi connectivity index (χ2n) is 17.5. The molecular weight excluding hydrogens is 705 g/mol. The van der Waals surface area contributed by atoms with E-state index >= 15 is 0 Å². The molecule has 0 atom stereocenters. The van der Waals surface area contributed by atoms with E-state index < -0.39 is 0 Å². The van der Waals surface area contributed by atoms with Crippen LogP contribution in [0.25, 0.3) is 110 Å². The number of hydrogen-bond acceptors (Lipinski definition) is 2. The van der Waals surface area contributed by atoms with Crippen LogP contribution >= 0.6 is 0 Å². The van der Waals surface area contributed by atoms with Crippen molar-refractivity contribution in [2.75, 3.05) is 0 Å². The monoisotopic (exact) mass is 742 g/mol. The third-order valence-electron chi connectivity index (χ3n) is 13.9. The van der Waals surface area contributed by atoms with E-state index in [4.69, 9.17) is 8.83 Å². The van der Waals surface area contributed by atoms with Gasteiger partial charge in [0.25, 0.3) is 0 Å². The summed E-state index contributed by atoms with van der Waals surface area (Å²) < 4.78 is 13.4. The third-order valence-corrected chi connectivity index (χ3v) is 13.9. The molecule has 0 N–H and O–H groups in total. The first kappa shape index (κ1) is 32.2. The first-order valence-corrected chi connectivity index (χ1v) is 20.4. The number of furan rings is 2. The van der Waals surface area contributed by atoms with Gasteiger partial charge in [0.05, 0.1) is 0 Å². The van der Waals surface area contributed by atoms with Crippen LogP contribution in [0.3, 0.4) is 0 Å². The van der Waals surface area contributed by atoms with E-state index in [1.807, 2.05) is 0 Å². The Morgan fingerprint density at radius 1 is 0.310 bits per heavy atom. The van der Waals surface area contributed by atoms with Gasteiger partial charge in [-0.05, 0) is 125 Å². The van der Waals surface area contributed by atoms with Crippen molar-refractivity contribution in [3.05, 3.63) is 180 Å². The van der Waals surface area contributed by atoms with Gasteiger partial charge in [-0.2, -0.15) is 0 Å². The minimum atomic E-state index is -0.0860. The van der Waals surface area contributed by atoms with Crippen molar-refractivity contribution in [2.45, 2.75) is 38.5 Å². The molecule has 11 aromatic rings. The van der Waals surface area contributed by atoms with E-state index in [0.717, 1.165) is 38.7 Å². The lowest BCUT2D eigenvalue weighted by molar-refractivity contribution is 0.656. The van der Waals surface area contributed by atoms with Crippen molar-refractivity contribution in [1.29, 1.82) is 0 Å². The summed E-state index contributed by atoms with van der Waals surface area (Å²) in [5.74, 6) is 0. The Kier molecular flexibility index (Phi) is 6.07. The zero-order valence-corrected chi connectivity index (χ0v) is 32.8. The Balaban J connectivity index is 1.04. The molecule has 2 aromatic heterocycles. The average Bonchev–Trinajstić information content (AvgIpc) is 3.94. The number of fused-ring (bicyclic) bond motifs is 16. The quantitative estimate of drug-likeness (QED) is 0.165. The van der Waals surface area contributed by atoms with Gasteiger partial charge in [-0.3, -0.25) is 0 Å². The fourth-order valence-corrected chi connectivity index (χ4v) is 11.2. The maximum atomic E-state index is 6.77. The van der Waals surface area contributed by atoms with Gasteiger partial charge in [0.1, 0.15) is 22.3 Å². The summed E-state index contributed by atoms with van der Waals surface area (Å²) in [5, 5.41) is 9.61. The van der Waals surface area contributed by atoms with Crippen LogP contribution in [0.1, 0.15) is 49.9 Å². The van der Waals surface area contributed by atoms with Gasteiger partial charge >= 0.3 is 0 Å². The van der Waals surface area contributed by atoms with Crippen LogP contribution in [-0.4, -0.2) is 0 Å². The molecule has 0 saturated carbocycles. The minimum Gasteiger partial charge on any atom is -0.456 e. The molecule has 2 aliphatic rings. The van der Waals surface area contributed by atoms with E-state index in [1.54, 1.807) is 0 Å². The minimum absolute atomic E-state index is 0.0686. The van der Waals surface area contributed by atoms with Crippen LogP contribution in [0.5, 0.6) is 0 Å². The smallest absolute Gasteiger partial charge is 0.136 e. The average molecular weight is 743 g/mol. The van der Waals surface area contributed by atoms with Crippen molar-refractivity contribution in [1.82, 2.24) is 0 Å². The van der Waals surface area contributed by atoms with Gasteiger partial charge in [-0.1, -0.05) is 149 Å². The summed E-state index contributed by atoms with van der Waals surface area (Å²) in [7, 11) is 0. The molecule has 2 heteroatoms. The lowest BCUT2D eigenvalue weighted by Gasteiger charge is -2.21. The predicted octanol–water partition coefficient (Wildman–Crippen LogP) is 15.7. The van der Waals surface area contributed by atoms with Crippen LogP contribution < -0.4 is 0 Å². The number of hydrogen-bond donors (Lipinski definition) is 0. The molecule has 2 nitrogen and oxygen atoms in total. The highest BCUT2D eigenvalue weighted by Gasteiger charge is 2.38. The van der Waals surface area contributed by atoms with Gasteiger partial charge < -0.3 is 8.83 Å². The molecule has 0 spiro atoms. The van der Waals surface area contributed by atoms with Gasteiger partial charge in [0.2, 0.25) is 0 Å². The van der Waals surface area contributed by atoms with Crippen molar-refractivity contribution in [3.8, 4) is 44.5 Å². The van der Waals surface area contributed by atoms with Gasteiger partial charge in [0.15, 0.2) is 0 Å². The Labute approximate surface area is 336 Å². The molecule has 0 aliphatic heterocycles. The second-order valence-corrected chi connectivity index (χ2v) is 17.5. The molecule has 0 bridgehead atoms. The molecular formula is C56H38O2. The topological polar surface area (TPSA) is 26.3 Å². The van der Waals surface area contributed by atoms with Gasteiger partial charge in [-0.25, -0.2) is 0 Å². The summed E-state index contributed by atoms with van der Waals surface area (Å²) in [6.45, 7) is 9.36. The predicted molar refractivity (Wildman–Crippen MR) is 242 cm³/mol. The van der Waals surface area contributed by atoms with Crippen molar-refractivity contribution in [3.63, 3.8) is 0 Å². The molecule has 2 aliphatic carbocycles. The van der Waals surface area contributed by atoms with E-state index in [2.05, 4.69) is 185 Å². The summed E-state index contributed by atoms with van der Waals surface area (Å²) in [6, 6.07) is 58.1. The van der Waals surface area contributed by atoms with E-state index in [1.165, 1.54) is 93.5 Å². The Morgan fingerprint density at radius 2 is 0.741 bits per heavy atom. The van der Waals surface area contributed by atoms with Gasteiger partial charge in [0, 0.05) is 32.4 Å². The maximum absolute atomic E-state index is 6.77. The fraction of sp³-hybridized carbons (Fsp3) is 0.107. The Bertz CT molecular complexity index is 3570. The molecule has 2 heterocycles. The highest BCUT2D eigenvalue weighted by atomic mass is 16.3. The first-order chi connectivity index (χ1) is 28.3. The van der Waals surface area contributed by atoms with Crippen molar-refractivity contribution in [2.24, 2.45) is 0 Å².